The SMILES string of the molecule is CSc1nc(C(=O)N(C)CC#N)c2ccccn12. The molecule has 2 heterocycles. The molecule has 0 N–H and O–H groups in total. The van der Waals surface area contributed by atoms with Crippen LogP contribution in [0.25, 0.3) is 5.52 Å². The fourth-order valence-electron chi connectivity index (χ4n) is 1.67. The maximum Gasteiger partial charge on any atom is 0.275 e. The second kappa shape index (κ2) is 5.10. The Morgan fingerprint density at radius 3 is 3.06 bits per heavy atom. The van der Waals surface area contributed by atoms with Crippen molar-refractivity contribution in [1.82, 2.24) is 14.3 Å². The van der Waals surface area contributed by atoms with E-state index in [2.05, 4.69) is 4.98 Å². The number of nitrogens with zero attached hydrogens (tertiary/aromatic N) is 4. The number of thioether (sulfide) groups is 1. The van der Waals surface area contributed by atoms with E-state index in [0.717, 1.165) is 10.7 Å². The molecule has 0 aliphatic heterocycles. The third-order valence-electron chi connectivity index (χ3n) is 2.56. The van der Waals surface area contributed by atoms with Crippen molar-refractivity contribution in [2.45, 2.75) is 5.16 Å². The molecule has 0 spiro atoms. The number of hydrogen-bond donors (Lipinski definition) is 0. The zero-order chi connectivity index (χ0) is 13.1. The molecule has 0 saturated carbocycles. The van der Waals surface area contributed by atoms with Crippen LogP contribution in [-0.4, -0.2) is 40.0 Å². The lowest BCUT2D eigenvalue weighted by Crippen LogP contribution is -2.27. The van der Waals surface area contributed by atoms with Crippen molar-refractivity contribution in [3.8, 4) is 6.07 Å². The summed E-state index contributed by atoms with van der Waals surface area (Å²) in [5.41, 5.74) is 1.15. The summed E-state index contributed by atoms with van der Waals surface area (Å²) in [7, 11) is 1.60. The van der Waals surface area contributed by atoms with E-state index in [1.165, 1.54) is 16.7 Å². The van der Waals surface area contributed by atoms with Crippen LogP contribution in [0.15, 0.2) is 29.6 Å². The van der Waals surface area contributed by atoms with Gasteiger partial charge in [-0.05, 0) is 18.4 Å². The number of pyridine rings is 1. The summed E-state index contributed by atoms with van der Waals surface area (Å²) in [5, 5.41) is 9.39. The Bertz CT molecular complexity index is 629. The molecule has 0 unspecified atom stereocenters. The average molecular weight is 260 g/mol. The quantitative estimate of drug-likeness (QED) is 0.622. The van der Waals surface area contributed by atoms with Crippen LogP contribution in [-0.2, 0) is 0 Å². The van der Waals surface area contributed by atoms with Gasteiger partial charge >= 0.3 is 0 Å². The molecule has 0 aliphatic rings. The normalized spacial score (nSPS) is 10.3. The molecular formula is C12H12N4OS. The number of fused-ring (bicyclic) bond motifs is 1. The van der Waals surface area contributed by atoms with Crippen LogP contribution in [0.4, 0.5) is 0 Å². The molecular weight excluding hydrogens is 248 g/mol. The molecule has 6 heteroatoms. The number of carbonyl (C=O) groups is 1. The Labute approximate surface area is 109 Å². The maximum absolute atomic E-state index is 12.2. The highest BCUT2D eigenvalue weighted by Crippen LogP contribution is 2.20. The minimum Gasteiger partial charge on any atom is -0.327 e. The number of hydrogen-bond acceptors (Lipinski definition) is 4. The highest BCUT2D eigenvalue weighted by atomic mass is 32.2. The van der Waals surface area contributed by atoms with Crippen molar-refractivity contribution < 1.29 is 4.79 Å². The Kier molecular flexibility index (Phi) is 3.53. The number of rotatable bonds is 3. The first-order valence-corrected chi connectivity index (χ1v) is 6.55. The lowest BCUT2D eigenvalue weighted by molar-refractivity contribution is 0.0808. The fraction of sp³-hybridized carbons (Fsp3) is 0.250. The van der Waals surface area contributed by atoms with Crippen LogP contribution in [0.1, 0.15) is 10.5 Å². The molecule has 1 amide bonds. The van der Waals surface area contributed by atoms with Crippen LogP contribution in [0, 0.1) is 11.3 Å². The minimum atomic E-state index is -0.236. The van der Waals surface area contributed by atoms with Crippen molar-refractivity contribution in [2.75, 3.05) is 19.8 Å². The predicted molar refractivity (Wildman–Crippen MR) is 69.5 cm³/mol. The van der Waals surface area contributed by atoms with Gasteiger partial charge in [-0.1, -0.05) is 17.8 Å². The van der Waals surface area contributed by atoms with Gasteiger partial charge in [0.15, 0.2) is 10.9 Å². The Balaban J connectivity index is 2.52. The van der Waals surface area contributed by atoms with Crippen LogP contribution in [0.3, 0.4) is 0 Å². The molecule has 92 valence electrons. The largest absolute Gasteiger partial charge is 0.327 e. The van der Waals surface area contributed by atoms with Gasteiger partial charge in [0.1, 0.15) is 6.54 Å². The zero-order valence-corrected chi connectivity index (χ0v) is 10.9. The first-order valence-electron chi connectivity index (χ1n) is 5.32. The van der Waals surface area contributed by atoms with Crippen molar-refractivity contribution in [1.29, 1.82) is 5.26 Å². The first kappa shape index (κ1) is 12.5. The highest BCUT2D eigenvalue weighted by molar-refractivity contribution is 7.98. The summed E-state index contributed by atoms with van der Waals surface area (Å²) in [6.45, 7) is 0.0548. The minimum absolute atomic E-state index is 0.0548. The van der Waals surface area contributed by atoms with Crippen molar-refractivity contribution >= 4 is 23.2 Å². The van der Waals surface area contributed by atoms with Gasteiger partial charge in [-0.15, -0.1) is 0 Å². The van der Waals surface area contributed by atoms with E-state index in [1.54, 1.807) is 7.05 Å². The second-order valence-electron chi connectivity index (χ2n) is 3.72. The number of imidazole rings is 1. The van der Waals surface area contributed by atoms with Gasteiger partial charge in [-0.2, -0.15) is 5.26 Å². The third kappa shape index (κ3) is 2.05. The molecule has 0 aromatic carbocycles. The third-order valence-corrected chi connectivity index (χ3v) is 3.21. The number of aromatic nitrogens is 2. The Morgan fingerprint density at radius 1 is 1.61 bits per heavy atom. The van der Waals surface area contributed by atoms with Crippen LogP contribution in [0.5, 0.6) is 0 Å². The molecule has 0 radical (unpaired) electrons. The average Bonchev–Trinajstić information content (AvgIpc) is 2.77. The predicted octanol–water partition coefficient (Wildman–Crippen LogP) is 1.65. The standard InChI is InChI=1S/C12H12N4OS/c1-15(8-6-13)11(17)10-9-5-3-4-7-16(9)12(14-10)18-2/h3-5,7H,8H2,1-2H3. The molecule has 0 saturated heterocycles. The summed E-state index contributed by atoms with van der Waals surface area (Å²) in [5.74, 6) is -0.236. The van der Waals surface area contributed by atoms with E-state index >= 15 is 0 Å². The van der Waals surface area contributed by atoms with Gasteiger partial charge in [0.25, 0.3) is 5.91 Å². The van der Waals surface area contributed by atoms with E-state index < -0.39 is 0 Å². The second-order valence-corrected chi connectivity index (χ2v) is 4.50. The van der Waals surface area contributed by atoms with Gasteiger partial charge < -0.3 is 4.90 Å². The molecule has 18 heavy (non-hydrogen) atoms. The molecule has 0 fully saturated rings. The summed E-state index contributed by atoms with van der Waals surface area (Å²) in [4.78, 5) is 17.9. The smallest absolute Gasteiger partial charge is 0.275 e. The number of carbonyl (C=O) groups excluding carboxylic acids is 1. The molecule has 2 aromatic heterocycles. The van der Waals surface area contributed by atoms with Gasteiger partial charge in [0, 0.05) is 13.2 Å². The molecule has 0 aliphatic carbocycles. The zero-order valence-electron chi connectivity index (χ0n) is 10.1. The monoisotopic (exact) mass is 260 g/mol. The van der Waals surface area contributed by atoms with E-state index in [0.29, 0.717) is 5.69 Å². The van der Waals surface area contributed by atoms with Crippen molar-refractivity contribution in [3.63, 3.8) is 0 Å². The summed E-state index contributed by atoms with van der Waals surface area (Å²) in [6, 6.07) is 7.55. The van der Waals surface area contributed by atoms with Crippen LogP contribution >= 0.6 is 11.8 Å². The topological polar surface area (TPSA) is 61.4 Å². The van der Waals surface area contributed by atoms with E-state index in [-0.39, 0.29) is 12.5 Å². The Morgan fingerprint density at radius 2 is 2.39 bits per heavy atom. The van der Waals surface area contributed by atoms with Gasteiger partial charge in [0.05, 0.1) is 11.6 Å². The first-order chi connectivity index (χ1) is 8.69. The van der Waals surface area contributed by atoms with Crippen LogP contribution in [0.2, 0.25) is 0 Å². The summed E-state index contributed by atoms with van der Waals surface area (Å²) in [6.07, 6.45) is 3.78. The highest BCUT2D eigenvalue weighted by Gasteiger charge is 2.19. The number of nitriles is 1. The van der Waals surface area contributed by atoms with Gasteiger partial charge in [-0.25, -0.2) is 4.98 Å². The molecule has 2 aromatic rings. The number of amides is 1. The van der Waals surface area contributed by atoms with E-state index in [1.807, 2.05) is 41.1 Å². The molecule has 0 atom stereocenters. The lowest BCUT2D eigenvalue weighted by Gasteiger charge is -2.10. The summed E-state index contributed by atoms with van der Waals surface area (Å²) < 4.78 is 1.87. The molecule has 5 nitrogen and oxygen atoms in total. The van der Waals surface area contributed by atoms with E-state index in [4.69, 9.17) is 5.26 Å². The van der Waals surface area contributed by atoms with Crippen molar-refractivity contribution in [3.05, 3.63) is 30.1 Å². The van der Waals surface area contributed by atoms with Gasteiger partial charge in [-0.3, -0.25) is 9.20 Å². The molecule has 2 rings (SSSR count). The van der Waals surface area contributed by atoms with E-state index in [9.17, 15) is 4.79 Å². The summed E-state index contributed by atoms with van der Waals surface area (Å²) >= 11 is 1.48. The molecule has 0 bridgehead atoms. The maximum atomic E-state index is 12.2. The van der Waals surface area contributed by atoms with Gasteiger partial charge in [0.2, 0.25) is 0 Å². The Hall–Kier alpha value is -2.00. The fourth-order valence-corrected chi connectivity index (χ4v) is 2.21. The van der Waals surface area contributed by atoms with Crippen LogP contribution < -0.4 is 0 Å². The van der Waals surface area contributed by atoms with Crippen molar-refractivity contribution in [2.24, 2.45) is 0 Å². The lowest BCUT2D eigenvalue weighted by atomic mass is 10.3.